The van der Waals surface area contributed by atoms with Gasteiger partial charge in [-0.3, -0.25) is 0 Å². The second-order valence-electron chi connectivity index (χ2n) is 3.61. The van der Waals surface area contributed by atoms with Gasteiger partial charge in [-0.15, -0.1) is 0 Å². The van der Waals surface area contributed by atoms with Crippen molar-refractivity contribution in [2.45, 2.75) is 45.8 Å². The van der Waals surface area contributed by atoms with Gasteiger partial charge in [0, 0.05) is 12.2 Å². The van der Waals surface area contributed by atoms with Crippen LogP contribution in [0.5, 0.6) is 0 Å². The van der Waals surface area contributed by atoms with Crippen molar-refractivity contribution in [1.29, 1.82) is 0 Å². The van der Waals surface area contributed by atoms with E-state index in [1.54, 1.807) is 6.92 Å². The van der Waals surface area contributed by atoms with E-state index in [4.69, 9.17) is 14.6 Å². The number of esters is 1. The molecule has 0 saturated carbocycles. The Kier molecular flexibility index (Phi) is 9.05. The standard InChI is InChI=1S/C12H20O5/c1-3-4-5-6-9-16-10(2)17-12(15)8-7-11(13)14/h7-8,10H,3-6,9H2,1-2H3,(H,13,14)/b8-7+. The van der Waals surface area contributed by atoms with Crippen molar-refractivity contribution in [2.75, 3.05) is 6.61 Å². The third-order valence-corrected chi connectivity index (χ3v) is 1.99. The van der Waals surface area contributed by atoms with Crippen LogP contribution >= 0.6 is 0 Å². The number of carboxylic acid groups (broad SMARTS) is 1. The van der Waals surface area contributed by atoms with Gasteiger partial charge in [0.15, 0.2) is 6.29 Å². The molecule has 0 fully saturated rings. The van der Waals surface area contributed by atoms with Gasteiger partial charge in [0.05, 0.1) is 6.61 Å². The summed E-state index contributed by atoms with van der Waals surface area (Å²) in [5.41, 5.74) is 0. The summed E-state index contributed by atoms with van der Waals surface area (Å²) in [7, 11) is 0. The zero-order valence-corrected chi connectivity index (χ0v) is 10.3. The van der Waals surface area contributed by atoms with E-state index in [0.29, 0.717) is 6.61 Å². The molecule has 1 unspecified atom stereocenters. The predicted octanol–water partition coefficient (Wildman–Crippen LogP) is 2.11. The minimum absolute atomic E-state index is 0.539. The third kappa shape index (κ3) is 10.9. The Balaban J connectivity index is 3.60. The van der Waals surface area contributed by atoms with Crippen molar-refractivity contribution in [2.24, 2.45) is 0 Å². The molecule has 0 bridgehead atoms. The molecule has 0 aliphatic heterocycles. The topological polar surface area (TPSA) is 72.8 Å². The van der Waals surface area contributed by atoms with E-state index in [1.165, 1.54) is 6.42 Å². The maximum absolute atomic E-state index is 11.0. The summed E-state index contributed by atoms with van der Waals surface area (Å²) < 4.78 is 10.0. The monoisotopic (exact) mass is 244 g/mol. The van der Waals surface area contributed by atoms with Crippen molar-refractivity contribution >= 4 is 11.9 Å². The highest BCUT2D eigenvalue weighted by molar-refractivity contribution is 5.90. The molecular weight excluding hydrogens is 224 g/mol. The number of carbonyl (C=O) groups is 2. The molecule has 0 saturated heterocycles. The van der Waals surface area contributed by atoms with Crippen LogP contribution in [0, 0.1) is 0 Å². The second-order valence-corrected chi connectivity index (χ2v) is 3.61. The van der Waals surface area contributed by atoms with Crippen LogP contribution in [0.3, 0.4) is 0 Å². The van der Waals surface area contributed by atoms with E-state index in [9.17, 15) is 9.59 Å². The van der Waals surface area contributed by atoms with Crippen LogP contribution in [0.25, 0.3) is 0 Å². The van der Waals surface area contributed by atoms with Crippen LogP contribution in [0.1, 0.15) is 39.5 Å². The Morgan fingerprint density at radius 1 is 1.24 bits per heavy atom. The number of hydrogen-bond donors (Lipinski definition) is 1. The first-order valence-corrected chi connectivity index (χ1v) is 5.79. The lowest BCUT2D eigenvalue weighted by Gasteiger charge is -2.12. The molecule has 0 rings (SSSR count). The fraction of sp³-hybridized carbons (Fsp3) is 0.667. The first-order valence-electron chi connectivity index (χ1n) is 5.79. The second kappa shape index (κ2) is 9.84. The Bertz CT molecular complexity index is 260. The van der Waals surface area contributed by atoms with Gasteiger partial charge < -0.3 is 14.6 Å². The zero-order valence-electron chi connectivity index (χ0n) is 10.3. The molecule has 0 aliphatic rings. The molecular formula is C12H20O5. The predicted molar refractivity (Wildman–Crippen MR) is 62.4 cm³/mol. The Hall–Kier alpha value is -1.36. The van der Waals surface area contributed by atoms with E-state index in [0.717, 1.165) is 31.4 Å². The van der Waals surface area contributed by atoms with Crippen molar-refractivity contribution in [3.05, 3.63) is 12.2 Å². The fourth-order valence-corrected chi connectivity index (χ4v) is 1.15. The van der Waals surface area contributed by atoms with Gasteiger partial charge in [-0.2, -0.15) is 0 Å². The lowest BCUT2D eigenvalue weighted by Crippen LogP contribution is -2.17. The van der Waals surface area contributed by atoms with Gasteiger partial charge in [0.2, 0.25) is 0 Å². The number of rotatable bonds is 9. The van der Waals surface area contributed by atoms with Crippen molar-refractivity contribution in [3.8, 4) is 0 Å². The van der Waals surface area contributed by atoms with E-state index < -0.39 is 18.2 Å². The molecule has 0 aromatic heterocycles. The van der Waals surface area contributed by atoms with Gasteiger partial charge in [-0.05, 0) is 13.3 Å². The van der Waals surface area contributed by atoms with Crippen molar-refractivity contribution < 1.29 is 24.2 Å². The number of ether oxygens (including phenoxy) is 2. The lowest BCUT2D eigenvalue weighted by atomic mass is 10.2. The minimum atomic E-state index is -1.19. The first-order chi connectivity index (χ1) is 8.06. The van der Waals surface area contributed by atoms with Crippen molar-refractivity contribution in [3.63, 3.8) is 0 Å². The van der Waals surface area contributed by atoms with Gasteiger partial charge >= 0.3 is 11.9 Å². The fourth-order valence-electron chi connectivity index (χ4n) is 1.15. The van der Waals surface area contributed by atoms with E-state index >= 15 is 0 Å². The highest BCUT2D eigenvalue weighted by atomic mass is 16.7. The smallest absolute Gasteiger partial charge is 0.333 e. The van der Waals surface area contributed by atoms with Gasteiger partial charge in [0.25, 0.3) is 0 Å². The van der Waals surface area contributed by atoms with E-state index in [-0.39, 0.29) is 0 Å². The number of carbonyl (C=O) groups excluding carboxylic acids is 1. The minimum Gasteiger partial charge on any atom is -0.478 e. The number of carboxylic acids is 1. The first kappa shape index (κ1) is 15.6. The molecule has 0 aromatic rings. The average molecular weight is 244 g/mol. The number of unbranched alkanes of at least 4 members (excludes halogenated alkanes) is 3. The van der Waals surface area contributed by atoms with Gasteiger partial charge in [-0.1, -0.05) is 26.2 Å². The molecule has 5 nitrogen and oxygen atoms in total. The maximum Gasteiger partial charge on any atom is 0.333 e. The summed E-state index contributed by atoms with van der Waals surface area (Å²) in [6.07, 6.45) is 5.29. The van der Waals surface area contributed by atoms with Crippen LogP contribution in [0.2, 0.25) is 0 Å². The molecule has 0 aliphatic carbocycles. The molecule has 1 atom stereocenters. The Morgan fingerprint density at radius 3 is 2.53 bits per heavy atom. The summed E-state index contributed by atoms with van der Waals surface area (Å²) in [4.78, 5) is 21.2. The SMILES string of the molecule is CCCCCCOC(C)OC(=O)/C=C/C(=O)O. The molecule has 1 N–H and O–H groups in total. The normalized spacial score (nSPS) is 12.6. The molecule has 0 amide bonds. The van der Waals surface area contributed by atoms with Crippen LogP contribution in [-0.2, 0) is 19.1 Å². The lowest BCUT2D eigenvalue weighted by molar-refractivity contribution is -0.169. The van der Waals surface area contributed by atoms with Crippen LogP contribution in [0.4, 0.5) is 0 Å². The molecule has 98 valence electrons. The Labute approximate surface area is 101 Å². The van der Waals surface area contributed by atoms with E-state index in [2.05, 4.69) is 6.92 Å². The zero-order chi connectivity index (χ0) is 13.1. The van der Waals surface area contributed by atoms with Gasteiger partial charge in [-0.25, -0.2) is 9.59 Å². The summed E-state index contributed by atoms with van der Waals surface area (Å²) in [6.45, 7) is 4.27. The number of aliphatic carboxylic acids is 1. The quantitative estimate of drug-likeness (QED) is 0.291. The van der Waals surface area contributed by atoms with Gasteiger partial charge in [0.1, 0.15) is 0 Å². The molecule has 17 heavy (non-hydrogen) atoms. The molecule has 0 spiro atoms. The number of hydrogen-bond acceptors (Lipinski definition) is 4. The maximum atomic E-state index is 11.0. The highest BCUT2D eigenvalue weighted by Gasteiger charge is 2.06. The molecule has 5 heteroatoms. The van der Waals surface area contributed by atoms with Crippen LogP contribution in [-0.4, -0.2) is 29.9 Å². The molecule has 0 aromatic carbocycles. The molecule has 0 radical (unpaired) electrons. The molecule has 0 heterocycles. The summed E-state index contributed by atoms with van der Waals surface area (Å²) in [5.74, 6) is -1.90. The summed E-state index contributed by atoms with van der Waals surface area (Å²) >= 11 is 0. The summed E-state index contributed by atoms with van der Waals surface area (Å²) in [6, 6.07) is 0. The van der Waals surface area contributed by atoms with E-state index in [1.807, 2.05) is 0 Å². The van der Waals surface area contributed by atoms with Crippen LogP contribution in [0.15, 0.2) is 12.2 Å². The van der Waals surface area contributed by atoms with Crippen LogP contribution < -0.4 is 0 Å². The third-order valence-electron chi connectivity index (χ3n) is 1.99. The highest BCUT2D eigenvalue weighted by Crippen LogP contribution is 2.02. The average Bonchev–Trinajstić information content (AvgIpc) is 2.26. The Morgan fingerprint density at radius 2 is 1.94 bits per heavy atom. The largest absolute Gasteiger partial charge is 0.478 e. The van der Waals surface area contributed by atoms with Crippen molar-refractivity contribution in [1.82, 2.24) is 0 Å². The summed E-state index contributed by atoms with van der Waals surface area (Å²) in [5, 5.41) is 8.29.